The van der Waals surface area contributed by atoms with Crippen molar-refractivity contribution < 1.29 is 9.59 Å². The first-order chi connectivity index (χ1) is 8.69. The number of rotatable bonds is 3. The highest BCUT2D eigenvalue weighted by Gasteiger charge is 2.06. The second-order valence-corrected chi connectivity index (χ2v) is 3.82. The van der Waals surface area contributed by atoms with Crippen LogP contribution < -0.4 is 11.1 Å². The van der Waals surface area contributed by atoms with E-state index in [0.29, 0.717) is 28.8 Å². The topological polar surface area (TPSA) is 72.2 Å². The summed E-state index contributed by atoms with van der Waals surface area (Å²) in [5.74, 6) is -0.274. The van der Waals surface area contributed by atoms with Gasteiger partial charge >= 0.3 is 0 Å². The Kier molecular flexibility index (Phi) is 3.38. The SMILES string of the molecule is Nc1cccc(NC(=O)c2cccc(C=O)c2)c1. The Labute approximate surface area is 104 Å². The van der Waals surface area contributed by atoms with Crippen LogP contribution in [0.25, 0.3) is 0 Å². The van der Waals surface area contributed by atoms with E-state index in [1.165, 1.54) is 6.07 Å². The summed E-state index contributed by atoms with van der Waals surface area (Å²) in [5.41, 5.74) is 7.72. The average molecular weight is 240 g/mol. The Morgan fingerprint density at radius 2 is 1.89 bits per heavy atom. The fourth-order valence-electron chi connectivity index (χ4n) is 1.57. The summed E-state index contributed by atoms with van der Waals surface area (Å²) in [6.45, 7) is 0. The van der Waals surface area contributed by atoms with Crippen molar-refractivity contribution >= 4 is 23.6 Å². The van der Waals surface area contributed by atoms with Gasteiger partial charge in [-0.1, -0.05) is 18.2 Å². The molecule has 2 rings (SSSR count). The van der Waals surface area contributed by atoms with Crippen molar-refractivity contribution in [3.63, 3.8) is 0 Å². The molecular formula is C14H12N2O2. The maximum absolute atomic E-state index is 11.9. The predicted octanol–water partition coefficient (Wildman–Crippen LogP) is 2.33. The number of hydrogen-bond donors (Lipinski definition) is 2. The van der Waals surface area contributed by atoms with Gasteiger partial charge in [0, 0.05) is 22.5 Å². The third kappa shape index (κ3) is 2.74. The zero-order valence-electron chi connectivity index (χ0n) is 9.59. The van der Waals surface area contributed by atoms with Gasteiger partial charge in [0.15, 0.2) is 0 Å². The second kappa shape index (κ2) is 5.14. The van der Waals surface area contributed by atoms with E-state index in [0.717, 1.165) is 0 Å². The van der Waals surface area contributed by atoms with Crippen LogP contribution in [-0.2, 0) is 0 Å². The molecule has 4 nitrogen and oxygen atoms in total. The lowest BCUT2D eigenvalue weighted by atomic mass is 10.1. The predicted molar refractivity (Wildman–Crippen MR) is 70.6 cm³/mol. The number of anilines is 2. The van der Waals surface area contributed by atoms with Crippen LogP contribution >= 0.6 is 0 Å². The molecule has 0 saturated carbocycles. The molecule has 0 saturated heterocycles. The first kappa shape index (κ1) is 11.9. The maximum Gasteiger partial charge on any atom is 0.255 e. The lowest BCUT2D eigenvalue weighted by Crippen LogP contribution is -2.12. The smallest absolute Gasteiger partial charge is 0.255 e. The van der Waals surface area contributed by atoms with Crippen LogP contribution in [0, 0.1) is 0 Å². The molecule has 18 heavy (non-hydrogen) atoms. The summed E-state index contributed by atoms with van der Waals surface area (Å²) >= 11 is 0. The zero-order valence-corrected chi connectivity index (χ0v) is 9.59. The van der Waals surface area contributed by atoms with E-state index < -0.39 is 0 Å². The number of amides is 1. The molecule has 2 aromatic carbocycles. The van der Waals surface area contributed by atoms with E-state index in [-0.39, 0.29) is 5.91 Å². The fraction of sp³-hybridized carbons (Fsp3) is 0. The molecule has 0 aliphatic heterocycles. The minimum absolute atomic E-state index is 0.274. The van der Waals surface area contributed by atoms with Crippen LogP contribution in [0.1, 0.15) is 20.7 Å². The molecule has 1 amide bonds. The van der Waals surface area contributed by atoms with Gasteiger partial charge in [0.2, 0.25) is 0 Å². The average Bonchev–Trinajstić information content (AvgIpc) is 2.39. The third-order valence-corrected chi connectivity index (χ3v) is 2.43. The molecule has 2 aromatic rings. The summed E-state index contributed by atoms with van der Waals surface area (Å²) in [4.78, 5) is 22.6. The van der Waals surface area contributed by atoms with Gasteiger partial charge in [-0.2, -0.15) is 0 Å². The highest BCUT2D eigenvalue weighted by atomic mass is 16.1. The molecule has 0 aliphatic rings. The van der Waals surface area contributed by atoms with Crippen molar-refractivity contribution in [2.24, 2.45) is 0 Å². The van der Waals surface area contributed by atoms with Crippen LogP contribution in [-0.4, -0.2) is 12.2 Å². The maximum atomic E-state index is 11.9. The minimum atomic E-state index is -0.274. The van der Waals surface area contributed by atoms with E-state index >= 15 is 0 Å². The van der Waals surface area contributed by atoms with Gasteiger partial charge < -0.3 is 11.1 Å². The fourth-order valence-corrected chi connectivity index (χ4v) is 1.57. The Morgan fingerprint density at radius 3 is 2.61 bits per heavy atom. The van der Waals surface area contributed by atoms with Crippen LogP contribution in [0.5, 0.6) is 0 Å². The largest absolute Gasteiger partial charge is 0.399 e. The van der Waals surface area contributed by atoms with Crippen LogP contribution in [0.4, 0.5) is 11.4 Å². The molecule has 4 heteroatoms. The van der Waals surface area contributed by atoms with Crippen LogP contribution in [0.2, 0.25) is 0 Å². The normalized spacial score (nSPS) is 9.78. The lowest BCUT2D eigenvalue weighted by Gasteiger charge is -2.06. The van der Waals surface area contributed by atoms with E-state index in [9.17, 15) is 9.59 Å². The summed E-state index contributed by atoms with van der Waals surface area (Å²) < 4.78 is 0. The number of carbonyl (C=O) groups is 2. The molecule has 90 valence electrons. The van der Waals surface area contributed by atoms with E-state index in [4.69, 9.17) is 5.73 Å². The molecule has 0 heterocycles. The van der Waals surface area contributed by atoms with Gasteiger partial charge in [-0.3, -0.25) is 9.59 Å². The Balaban J connectivity index is 2.19. The van der Waals surface area contributed by atoms with E-state index in [1.54, 1.807) is 42.5 Å². The number of nitrogens with two attached hydrogens (primary N) is 1. The summed E-state index contributed by atoms with van der Waals surface area (Å²) in [6.07, 6.45) is 0.706. The van der Waals surface area contributed by atoms with Gasteiger partial charge in [-0.05, 0) is 30.3 Å². The standard InChI is InChI=1S/C14H12N2O2/c15-12-5-2-6-13(8-12)16-14(18)11-4-1-3-10(7-11)9-17/h1-9H,15H2,(H,16,18). The molecule has 0 fully saturated rings. The number of hydrogen-bond acceptors (Lipinski definition) is 3. The Morgan fingerprint density at radius 1 is 1.11 bits per heavy atom. The first-order valence-electron chi connectivity index (χ1n) is 5.41. The molecule has 0 aliphatic carbocycles. The third-order valence-electron chi connectivity index (χ3n) is 2.43. The quantitative estimate of drug-likeness (QED) is 0.638. The van der Waals surface area contributed by atoms with Crippen LogP contribution in [0.15, 0.2) is 48.5 Å². The summed E-state index contributed by atoms with van der Waals surface area (Å²) in [6, 6.07) is 13.4. The zero-order chi connectivity index (χ0) is 13.0. The molecule has 0 radical (unpaired) electrons. The van der Waals surface area contributed by atoms with Gasteiger partial charge in [0.1, 0.15) is 6.29 Å². The molecule has 0 bridgehead atoms. The second-order valence-electron chi connectivity index (χ2n) is 3.82. The van der Waals surface area contributed by atoms with E-state index in [1.807, 2.05) is 0 Å². The Hall–Kier alpha value is -2.62. The van der Waals surface area contributed by atoms with Crippen molar-refractivity contribution in [1.82, 2.24) is 0 Å². The van der Waals surface area contributed by atoms with Gasteiger partial charge in [0.05, 0.1) is 0 Å². The monoisotopic (exact) mass is 240 g/mol. The summed E-state index contributed by atoms with van der Waals surface area (Å²) in [5, 5.41) is 2.72. The molecule has 0 unspecified atom stereocenters. The van der Waals surface area contributed by atoms with Gasteiger partial charge in [-0.25, -0.2) is 0 Å². The molecule has 0 aromatic heterocycles. The molecular weight excluding hydrogens is 228 g/mol. The number of carbonyl (C=O) groups excluding carboxylic acids is 2. The molecule has 3 N–H and O–H groups in total. The molecule has 0 atom stereocenters. The summed E-state index contributed by atoms with van der Waals surface area (Å²) in [7, 11) is 0. The van der Waals surface area contributed by atoms with Crippen molar-refractivity contribution in [2.45, 2.75) is 0 Å². The van der Waals surface area contributed by atoms with Gasteiger partial charge in [-0.15, -0.1) is 0 Å². The van der Waals surface area contributed by atoms with Crippen molar-refractivity contribution in [2.75, 3.05) is 11.1 Å². The van der Waals surface area contributed by atoms with Crippen molar-refractivity contribution in [1.29, 1.82) is 0 Å². The first-order valence-corrected chi connectivity index (χ1v) is 5.41. The van der Waals surface area contributed by atoms with Crippen molar-refractivity contribution in [3.05, 3.63) is 59.7 Å². The van der Waals surface area contributed by atoms with Crippen molar-refractivity contribution in [3.8, 4) is 0 Å². The number of benzene rings is 2. The van der Waals surface area contributed by atoms with E-state index in [2.05, 4.69) is 5.32 Å². The number of nitrogens with one attached hydrogen (secondary N) is 1. The highest BCUT2D eigenvalue weighted by molar-refractivity contribution is 6.05. The lowest BCUT2D eigenvalue weighted by molar-refractivity contribution is 0.102. The molecule has 0 spiro atoms. The van der Waals surface area contributed by atoms with Gasteiger partial charge in [0.25, 0.3) is 5.91 Å². The minimum Gasteiger partial charge on any atom is -0.399 e. The highest BCUT2D eigenvalue weighted by Crippen LogP contribution is 2.13. The Bertz CT molecular complexity index is 594. The number of aldehydes is 1. The number of nitrogen functional groups attached to an aromatic ring is 1. The van der Waals surface area contributed by atoms with Crippen LogP contribution in [0.3, 0.4) is 0 Å².